The third kappa shape index (κ3) is 3.82. The monoisotopic (exact) mass is 508 g/mol. The lowest BCUT2D eigenvalue weighted by molar-refractivity contribution is 0.153. The van der Waals surface area contributed by atoms with Gasteiger partial charge in [-0.3, -0.25) is 0 Å². The molecule has 2 saturated carbocycles. The number of hydrogen-bond acceptors (Lipinski definition) is 4. The average Bonchev–Trinajstić information content (AvgIpc) is 3.61. The summed E-state index contributed by atoms with van der Waals surface area (Å²) in [6, 6.07) is 12.6. The first-order valence-corrected chi connectivity index (χ1v) is 14.2. The first-order valence-electron chi connectivity index (χ1n) is 14.2. The van der Waals surface area contributed by atoms with Crippen LogP contribution in [0.5, 0.6) is 0 Å². The number of urea groups is 1. The highest BCUT2D eigenvalue weighted by Gasteiger charge is 2.47. The highest BCUT2D eigenvalue weighted by Crippen LogP contribution is 2.45. The van der Waals surface area contributed by atoms with Gasteiger partial charge in [0, 0.05) is 54.1 Å². The fourth-order valence-electron chi connectivity index (χ4n) is 6.95. The van der Waals surface area contributed by atoms with Crippen molar-refractivity contribution in [1.29, 1.82) is 5.41 Å². The molecule has 0 bridgehead atoms. The van der Waals surface area contributed by atoms with E-state index in [1.807, 2.05) is 17.0 Å². The van der Waals surface area contributed by atoms with Crippen LogP contribution in [0.4, 0.5) is 4.79 Å². The fourth-order valence-corrected chi connectivity index (χ4v) is 6.95. The van der Waals surface area contributed by atoms with Crippen molar-refractivity contribution in [3.8, 4) is 0 Å². The Labute approximate surface area is 223 Å². The molecule has 7 nitrogen and oxygen atoms in total. The van der Waals surface area contributed by atoms with E-state index in [-0.39, 0.29) is 17.0 Å². The van der Waals surface area contributed by atoms with Crippen LogP contribution in [0.1, 0.15) is 74.0 Å². The lowest BCUT2D eigenvalue weighted by Crippen LogP contribution is -2.54. The van der Waals surface area contributed by atoms with Gasteiger partial charge >= 0.3 is 6.03 Å². The lowest BCUT2D eigenvalue weighted by atomic mass is 9.72. The smallest absolute Gasteiger partial charge is 0.318 e. The number of amides is 2. The zero-order valence-corrected chi connectivity index (χ0v) is 21.9. The summed E-state index contributed by atoms with van der Waals surface area (Å²) in [5.41, 5.74) is 5.53. The molecule has 2 saturated heterocycles. The van der Waals surface area contributed by atoms with Crippen molar-refractivity contribution >= 4 is 22.8 Å². The van der Waals surface area contributed by atoms with Gasteiger partial charge in [-0.15, -0.1) is 0 Å². The van der Waals surface area contributed by atoms with E-state index < -0.39 is 0 Å². The van der Waals surface area contributed by atoms with Crippen LogP contribution in [-0.2, 0) is 5.54 Å². The SMILES string of the molecule is N=C(/C=C1\NCCC12CCN(C(=O)NC1(c3ccccc3)CCC1)C2)c1cnc2[nH]cc(C3CCC3)c2c1. The molecule has 2 amide bonds. The number of fused-ring (bicyclic) bond motifs is 1. The highest BCUT2D eigenvalue weighted by molar-refractivity contribution is 6.08. The van der Waals surface area contributed by atoms with E-state index in [2.05, 4.69) is 57.1 Å². The molecule has 4 aliphatic rings. The molecule has 2 aliphatic heterocycles. The maximum atomic E-state index is 13.5. The molecule has 7 rings (SSSR count). The number of hydrogen-bond donors (Lipinski definition) is 4. The molecule has 196 valence electrons. The number of H-pyrrole nitrogens is 1. The van der Waals surface area contributed by atoms with Gasteiger partial charge in [0.1, 0.15) is 5.65 Å². The van der Waals surface area contributed by atoms with Crippen LogP contribution in [0.15, 0.2) is 60.6 Å². The number of carbonyl (C=O) groups is 1. The van der Waals surface area contributed by atoms with Crippen molar-refractivity contribution in [2.24, 2.45) is 5.41 Å². The molecule has 1 spiro atoms. The summed E-state index contributed by atoms with van der Waals surface area (Å²) in [6.45, 7) is 2.31. The number of allylic oxidation sites excluding steroid dienone is 1. The zero-order valence-electron chi connectivity index (χ0n) is 21.9. The largest absolute Gasteiger partial charge is 0.388 e. The Kier molecular flexibility index (Phi) is 5.57. The summed E-state index contributed by atoms with van der Waals surface area (Å²) in [6.07, 6.45) is 14.7. The Bertz CT molecular complexity index is 1420. The van der Waals surface area contributed by atoms with Crippen LogP contribution in [0.2, 0.25) is 0 Å². The van der Waals surface area contributed by atoms with E-state index in [1.165, 1.54) is 30.4 Å². The topological polar surface area (TPSA) is 96.9 Å². The number of aromatic nitrogens is 2. The van der Waals surface area contributed by atoms with Gasteiger partial charge in [0.05, 0.1) is 11.3 Å². The van der Waals surface area contributed by atoms with Crippen LogP contribution in [0.25, 0.3) is 11.0 Å². The van der Waals surface area contributed by atoms with E-state index in [4.69, 9.17) is 5.41 Å². The summed E-state index contributed by atoms with van der Waals surface area (Å²) >= 11 is 0. The molecule has 2 aromatic heterocycles. The number of carbonyl (C=O) groups excluding carboxylic acids is 1. The number of likely N-dealkylation sites (tertiary alicyclic amines) is 1. The molecule has 1 unspecified atom stereocenters. The maximum absolute atomic E-state index is 13.5. The number of nitrogens with one attached hydrogen (secondary N) is 4. The van der Waals surface area contributed by atoms with Crippen molar-refractivity contribution in [2.75, 3.05) is 19.6 Å². The van der Waals surface area contributed by atoms with E-state index >= 15 is 0 Å². The minimum absolute atomic E-state index is 0.0392. The van der Waals surface area contributed by atoms with Gasteiger partial charge in [-0.1, -0.05) is 36.8 Å². The Morgan fingerprint density at radius 2 is 1.97 bits per heavy atom. The van der Waals surface area contributed by atoms with Gasteiger partial charge in [0.15, 0.2) is 0 Å². The minimum atomic E-state index is -0.231. The number of benzene rings is 1. The average molecular weight is 509 g/mol. The first-order chi connectivity index (χ1) is 18.6. The normalized spacial score (nSPS) is 25.4. The van der Waals surface area contributed by atoms with Crippen LogP contribution in [0, 0.1) is 10.8 Å². The number of aromatic amines is 1. The van der Waals surface area contributed by atoms with Crippen molar-refractivity contribution in [3.63, 3.8) is 0 Å². The lowest BCUT2D eigenvalue weighted by Gasteiger charge is -2.44. The Balaban J connectivity index is 1.08. The quantitative estimate of drug-likeness (QED) is 0.340. The van der Waals surface area contributed by atoms with Crippen molar-refractivity contribution in [3.05, 3.63) is 77.3 Å². The molecule has 4 fully saturated rings. The standard InChI is InChI=1S/C31H36N6O/c32-26(22-16-24-25(21-6-4-7-21)19-35-28(24)34-18-22)17-27-30(12-14-33-27)13-15-37(20-30)29(38)36-31(10-5-11-31)23-8-2-1-3-9-23/h1-3,8-9,16-19,21,32-33H,4-7,10-15,20H2,(H,34,35)(H,36,38)/b27-17-,32-26?. The Morgan fingerprint density at radius 1 is 1.13 bits per heavy atom. The predicted octanol–water partition coefficient (Wildman–Crippen LogP) is 5.56. The van der Waals surface area contributed by atoms with E-state index in [9.17, 15) is 4.79 Å². The molecule has 0 radical (unpaired) electrons. The summed E-state index contributed by atoms with van der Waals surface area (Å²) < 4.78 is 0. The van der Waals surface area contributed by atoms with Gasteiger partial charge in [-0.25, -0.2) is 9.78 Å². The first kappa shape index (κ1) is 23.5. The second-order valence-electron chi connectivity index (χ2n) is 11.8. The van der Waals surface area contributed by atoms with E-state index in [1.54, 1.807) is 6.20 Å². The maximum Gasteiger partial charge on any atom is 0.318 e. The molecule has 3 aromatic rings. The summed E-state index contributed by atoms with van der Waals surface area (Å²) in [7, 11) is 0. The van der Waals surface area contributed by atoms with Gasteiger partial charge in [0.2, 0.25) is 0 Å². The molecular weight excluding hydrogens is 472 g/mol. The fraction of sp³-hybridized carbons (Fsp3) is 0.452. The van der Waals surface area contributed by atoms with Crippen molar-refractivity contribution in [2.45, 2.75) is 62.8 Å². The van der Waals surface area contributed by atoms with Crippen molar-refractivity contribution in [1.82, 2.24) is 25.5 Å². The molecule has 1 aromatic carbocycles. The van der Waals surface area contributed by atoms with E-state index in [0.29, 0.717) is 18.2 Å². The van der Waals surface area contributed by atoms with Crippen LogP contribution < -0.4 is 10.6 Å². The molecule has 4 heterocycles. The van der Waals surface area contributed by atoms with Crippen LogP contribution >= 0.6 is 0 Å². The number of pyridine rings is 1. The summed E-state index contributed by atoms with van der Waals surface area (Å²) in [5, 5.41) is 17.0. The summed E-state index contributed by atoms with van der Waals surface area (Å²) in [4.78, 5) is 23.4. The third-order valence-electron chi connectivity index (χ3n) is 9.72. The van der Waals surface area contributed by atoms with Crippen molar-refractivity contribution < 1.29 is 4.79 Å². The molecule has 1 atom stereocenters. The number of rotatable bonds is 5. The van der Waals surface area contributed by atoms with Gasteiger partial charge < -0.3 is 25.9 Å². The minimum Gasteiger partial charge on any atom is -0.388 e. The van der Waals surface area contributed by atoms with Gasteiger partial charge in [-0.05, 0) is 74.1 Å². The highest BCUT2D eigenvalue weighted by atomic mass is 16.2. The zero-order chi connectivity index (χ0) is 25.7. The molecule has 2 aliphatic carbocycles. The van der Waals surface area contributed by atoms with E-state index in [0.717, 1.165) is 67.5 Å². The molecule has 4 N–H and O–H groups in total. The molecular formula is C31H36N6O. The molecule has 38 heavy (non-hydrogen) atoms. The second kappa shape index (κ2) is 9.00. The Hall–Kier alpha value is -3.61. The molecule has 7 heteroatoms. The second-order valence-corrected chi connectivity index (χ2v) is 11.8. The predicted molar refractivity (Wildman–Crippen MR) is 149 cm³/mol. The van der Waals surface area contributed by atoms with Gasteiger partial charge in [-0.2, -0.15) is 0 Å². The third-order valence-corrected chi connectivity index (χ3v) is 9.72. The Morgan fingerprint density at radius 3 is 2.71 bits per heavy atom. The van der Waals surface area contributed by atoms with Crippen LogP contribution in [-0.4, -0.2) is 46.2 Å². The summed E-state index contributed by atoms with van der Waals surface area (Å²) in [5.74, 6) is 0.615. The van der Waals surface area contributed by atoms with Crippen LogP contribution in [0.3, 0.4) is 0 Å². The number of nitrogens with zero attached hydrogens (tertiary/aromatic N) is 2. The van der Waals surface area contributed by atoms with Gasteiger partial charge in [0.25, 0.3) is 0 Å².